The number of rotatable bonds is 3. The van der Waals surface area contributed by atoms with Crippen LogP contribution in [0.15, 0.2) is 42.7 Å². The highest BCUT2D eigenvalue weighted by Gasteiger charge is 2.03. The molecule has 4 nitrogen and oxygen atoms in total. The van der Waals surface area contributed by atoms with Crippen molar-refractivity contribution in [3.8, 4) is 5.69 Å². The van der Waals surface area contributed by atoms with Crippen molar-refractivity contribution in [2.45, 2.75) is 6.04 Å². The zero-order valence-electron chi connectivity index (χ0n) is 8.24. The standard InChI is InChI=1S/C11H13N3O/c12-11(8-15)9-2-4-10(5-3-9)14-7-1-6-13-14/h1-7,11,15H,8,12H2. The molecule has 0 saturated carbocycles. The van der Waals surface area contributed by atoms with Gasteiger partial charge in [0.2, 0.25) is 0 Å². The van der Waals surface area contributed by atoms with E-state index in [-0.39, 0.29) is 12.6 Å². The number of nitrogens with two attached hydrogens (primary N) is 1. The highest BCUT2D eigenvalue weighted by atomic mass is 16.3. The van der Waals surface area contributed by atoms with Gasteiger partial charge in [0.15, 0.2) is 0 Å². The fraction of sp³-hybridized carbons (Fsp3) is 0.182. The van der Waals surface area contributed by atoms with Crippen molar-refractivity contribution in [3.63, 3.8) is 0 Å². The molecule has 0 aliphatic rings. The van der Waals surface area contributed by atoms with Crippen LogP contribution in [-0.2, 0) is 0 Å². The lowest BCUT2D eigenvalue weighted by atomic mass is 10.1. The Morgan fingerprint density at radius 1 is 1.33 bits per heavy atom. The molecule has 78 valence electrons. The maximum Gasteiger partial charge on any atom is 0.0645 e. The Morgan fingerprint density at radius 3 is 2.60 bits per heavy atom. The third-order valence-electron chi connectivity index (χ3n) is 2.29. The molecule has 1 atom stereocenters. The number of hydrogen-bond acceptors (Lipinski definition) is 3. The lowest BCUT2D eigenvalue weighted by molar-refractivity contribution is 0.268. The van der Waals surface area contributed by atoms with E-state index in [4.69, 9.17) is 10.8 Å². The molecule has 0 fully saturated rings. The Balaban J connectivity index is 2.25. The summed E-state index contributed by atoms with van der Waals surface area (Å²) in [5, 5.41) is 13.0. The predicted octanol–water partition coefficient (Wildman–Crippen LogP) is 0.864. The van der Waals surface area contributed by atoms with Gasteiger partial charge in [0.25, 0.3) is 0 Å². The van der Waals surface area contributed by atoms with Gasteiger partial charge in [-0.05, 0) is 23.8 Å². The van der Waals surface area contributed by atoms with Gasteiger partial charge in [0.05, 0.1) is 18.3 Å². The second kappa shape index (κ2) is 4.25. The molecular weight excluding hydrogens is 190 g/mol. The summed E-state index contributed by atoms with van der Waals surface area (Å²) in [4.78, 5) is 0. The molecule has 1 aromatic heterocycles. The maximum absolute atomic E-state index is 8.90. The van der Waals surface area contributed by atoms with Crippen molar-refractivity contribution in [2.75, 3.05) is 6.61 Å². The predicted molar refractivity (Wildman–Crippen MR) is 57.6 cm³/mol. The van der Waals surface area contributed by atoms with E-state index in [1.54, 1.807) is 10.9 Å². The van der Waals surface area contributed by atoms with E-state index in [1.165, 1.54) is 0 Å². The molecule has 0 bridgehead atoms. The van der Waals surface area contributed by atoms with Crippen molar-refractivity contribution in [3.05, 3.63) is 48.3 Å². The Kier molecular flexibility index (Phi) is 2.80. The number of nitrogens with zero attached hydrogens (tertiary/aromatic N) is 2. The van der Waals surface area contributed by atoms with Crippen LogP contribution in [0.4, 0.5) is 0 Å². The SMILES string of the molecule is NC(CO)c1ccc(-n2cccn2)cc1. The zero-order chi connectivity index (χ0) is 10.7. The van der Waals surface area contributed by atoms with Gasteiger partial charge in [0.1, 0.15) is 0 Å². The van der Waals surface area contributed by atoms with Gasteiger partial charge in [-0.2, -0.15) is 5.10 Å². The number of aliphatic hydroxyl groups excluding tert-OH is 1. The van der Waals surface area contributed by atoms with E-state index < -0.39 is 0 Å². The fourth-order valence-electron chi connectivity index (χ4n) is 1.40. The van der Waals surface area contributed by atoms with E-state index in [9.17, 15) is 0 Å². The molecule has 1 unspecified atom stereocenters. The van der Waals surface area contributed by atoms with Crippen LogP contribution in [0.1, 0.15) is 11.6 Å². The van der Waals surface area contributed by atoms with Crippen molar-refractivity contribution in [1.82, 2.24) is 9.78 Å². The van der Waals surface area contributed by atoms with Crippen molar-refractivity contribution >= 4 is 0 Å². The van der Waals surface area contributed by atoms with Crippen LogP contribution in [0.5, 0.6) is 0 Å². The molecule has 2 rings (SSSR count). The Hall–Kier alpha value is -1.65. The first-order valence-corrected chi connectivity index (χ1v) is 4.77. The topological polar surface area (TPSA) is 64.1 Å². The minimum Gasteiger partial charge on any atom is -0.394 e. The second-order valence-corrected chi connectivity index (χ2v) is 3.33. The molecule has 0 amide bonds. The van der Waals surface area contributed by atoms with Crippen LogP contribution in [0, 0.1) is 0 Å². The molecule has 0 saturated heterocycles. The smallest absolute Gasteiger partial charge is 0.0645 e. The molecule has 0 spiro atoms. The summed E-state index contributed by atoms with van der Waals surface area (Å²) >= 11 is 0. The molecule has 4 heteroatoms. The Labute approximate surface area is 88.0 Å². The van der Waals surface area contributed by atoms with Gasteiger partial charge < -0.3 is 10.8 Å². The van der Waals surface area contributed by atoms with Crippen molar-refractivity contribution in [2.24, 2.45) is 5.73 Å². The molecule has 3 N–H and O–H groups in total. The fourth-order valence-corrected chi connectivity index (χ4v) is 1.40. The largest absolute Gasteiger partial charge is 0.394 e. The number of aromatic nitrogens is 2. The number of benzene rings is 1. The summed E-state index contributed by atoms with van der Waals surface area (Å²) in [7, 11) is 0. The minimum absolute atomic E-state index is 0.0406. The highest BCUT2D eigenvalue weighted by Crippen LogP contribution is 2.13. The summed E-state index contributed by atoms with van der Waals surface area (Å²) in [5.41, 5.74) is 7.60. The van der Waals surface area contributed by atoms with Crippen LogP contribution in [0.25, 0.3) is 5.69 Å². The molecule has 1 heterocycles. The average Bonchev–Trinajstić information content (AvgIpc) is 2.82. The highest BCUT2D eigenvalue weighted by molar-refractivity contribution is 5.34. The lowest BCUT2D eigenvalue weighted by Gasteiger charge is -2.09. The summed E-state index contributed by atoms with van der Waals surface area (Å²) in [6.07, 6.45) is 3.61. The average molecular weight is 203 g/mol. The van der Waals surface area contributed by atoms with Crippen molar-refractivity contribution < 1.29 is 5.11 Å². The maximum atomic E-state index is 8.90. The summed E-state index contributed by atoms with van der Waals surface area (Å²) < 4.78 is 1.77. The van der Waals surface area contributed by atoms with Crippen molar-refractivity contribution in [1.29, 1.82) is 0 Å². The molecule has 1 aromatic carbocycles. The second-order valence-electron chi connectivity index (χ2n) is 3.33. The normalized spacial score (nSPS) is 12.7. The quantitative estimate of drug-likeness (QED) is 0.777. The van der Waals surface area contributed by atoms with Crippen LogP contribution in [0.2, 0.25) is 0 Å². The first-order chi connectivity index (χ1) is 7.31. The number of hydrogen-bond donors (Lipinski definition) is 2. The molecule has 15 heavy (non-hydrogen) atoms. The zero-order valence-corrected chi connectivity index (χ0v) is 8.24. The van der Waals surface area contributed by atoms with Crippen LogP contribution >= 0.6 is 0 Å². The van der Waals surface area contributed by atoms with Gasteiger partial charge in [-0.25, -0.2) is 4.68 Å². The van der Waals surface area contributed by atoms with Crippen LogP contribution in [-0.4, -0.2) is 21.5 Å². The first kappa shape index (κ1) is 9.89. The van der Waals surface area contributed by atoms with Gasteiger partial charge >= 0.3 is 0 Å². The van der Waals surface area contributed by atoms with E-state index in [0.29, 0.717) is 0 Å². The third-order valence-corrected chi connectivity index (χ3v) is 2.29. The lowest BCUT2D eigenvalue weighted by Crippen LogP contribution is -2.14. The Morgan fingerprint density at radius 2 is 2.07 bits per heavy atom. The molecule has 0 aliphatic carbocycles. The monoisotopic (exact) mass is 203 g/mol. The summed E-state index contributed by atoms with van der Waals surface area (Å²) in [6.45, 7) is -0.0406. The van der Waals surface area contributed by atoms with Gasteiger partial charge in [0, 0.05) is 12.4 Å². The van der Waals surface area contributed by atoms with Crippen LogP contribution < -0.4 is 5.73 Å². The first-order valence-electron chi connectivity index (χ1n) is 4.77. The molecule has 2 aromatic rings. The van der Waals surface area contributed by atoms with Crippen LogP contribution in [0.3, 0.4) is 0 Å². The van der Waals surface area contributed by atoms with E-state index in [2.05, 4.69) is 5.10 Å². The molecule has 0 radical (unpaired) electrons. The van der Waals surface area contributed by atoms with Gasteiger partial charge in [-0.15, -0.1) is 0 Å². The third kappa shape index (κ3) is 2.06. The summed E-state index contributed by atoms with van der Waals surface area (Å²) in [5.74, 6) is 0. The van der Waals surface area contributed by atoms with Gasteiger partial charge in [-0.3, -0.25) is 0 Å². The van der Waals surface area contributed by atoms with Gasteiger partial charge in [-0.1, -0.05) is 12.1 Å². The van der Waals surface area contributed by atoms with E-state index in [0.717, 1.165) is 11.3 Å². The van der Waals surface area contributed by atoms with E-state index >= 15 is 0 Å². The molecular formula is C11H13N3O. The summed E-state index contributed by atoms with van der Waals surface area (Å²) in [6, 6.07) is 9.22. The number of aliphatic hydroxyl groups is 1. The Bertz CT molecular complexity index is 408. The molecule has 0 aliphatic heterocycles. The minimum atomic E-state index is -0.309. The van der Waals surface area contributed by atoms with E-state index in [1.807, 2.05) is 36.5 Å².